The van der Waals surface area contributed by atoms with Gasteiger partial charge in [-0.05, 0) is 48.7 Å². The first kappa shape index (κ1) is 26.8. The summed E-state index contributed by atoms with van der Waals surface area (Å²) in [6.07, 6.45) is 0.774. The number of carbonyl (C=O) groups is 2. The van der Waals surface area contributed by atoms with Gasteiger partial charge >= 0.3 is 0 Å². The SMILES string of the molecule is O=C1CC(N(C2CCN(Cc3ccccc3)CC2)S(=O)(=O)c2cc(Cl)ccc2Cl)C(=O)N1c1ccccc1. The molecule has 0 aliphatic carbocycles. The van der Waals surface area contributed by atoms with Gasteiger partial charge in [0.05, 0.1) is 17.1 Å². The summed E-state index contributed by atoms with van der Waals surface area (Å²) < 4.78 is 29.5. The Hall–Kier alpha value is -2.75. The second-order valence-electron chi connectivity index (χ2n) is 9.53. The van der Waals surface area contributed by atoms with Gasteiger partial charge in [0.15, 0.2) is 0 Å². The molecule has 2 aliphatic rings. The molecule has 3 aromatic rings. The zero-order chi connectivity index (χ0) is 26.9. The molecule has 1 unspecified atom stereocenters. The van der Waals surface area contributed by atoms with Crippen LogP contribution >= 0.6 is 23.2 Å². The van der Waals surface area contributed by atoms with Crippen molar-refractivity contribution in [3.05, 3.63) is 94.5 Å². The highest BCUT2D eigenvalue weighted by molar-refractivity contribution is 7.89. The Morgan fingerprint density at radius 1 is 0.868 bits per heavy atom. The quantitative estimate of drug-likeness (QED) is 0.374. The molecule has 2 amide bonds. The van der Waals surface area contributed by atoms with E-state index in [0.717, 1.165) is 11.4 Å². The van der Waals surface area contributed by atoms with Crippen LogP contribution in [0.25, 0.3) is 0 Å². The summed E-state index contributed by atoms with van der Waals surface area (Å²) in [6, 6.07) is 21.2. The summed E-state index contributed by atoms with van der Waals surface area (Å²) in [6.45, 7) is 2.04. The van der Waals surface area contributed by atoms with Gasteiger partial charge in [0.25, 0.3) is 5.91 Å². The zero-order valence-electron chi connectivity index (χ0n) is 20.5. The number of nitrogens with zero attached hydrogens (tertiary/aromatic N) is 3. The molecule has 2 heterocycles. The number of hydrogen-bond donors (Lipinski definition) is 0. The van der Waals surface area contributed by atoms with Crippen molar-refractivity contribution in [2.75, 3.05) is 18.0 Å². The monoisotopic (exact) mass is 571 g/mol. The highest BCUT2D eigenvalue weighted by Gasteiger charge is 2.50. The molecule has 10 heteroatoms. The lowest BCUT2D eigenvalue weighted by Gasteiger charge is -2.39. The largest absolute Gasteiger partial charge is 0.299 e. The van der Waals surface area contributed by atoms with Crippen molar-refractivity contribution in [2.24, 2.45) is 0 Å². The number of para-hydroxylation sites is 1. The fourth-order valence-corrected chi connectivity index (χ4v) is 7.81. The third kappa shape index (κ3) is 5.37. The highest BCUT2D eigenvalue weighted by Crippen LogP contribution is 2.36. The van der Waals surface area contributed by atoms with Gasteiger partial charge in [0.1, 0.15) is 10.9 Å². The lowest BCUT2D eigenvalue weighted by atomic mass is 10.0. The topological polar surface area (TPSA) is 78.0 Å². The van der Waals surface area contributed by atoms with Crippen LogP contribution in [-0.4, -0.2) is 54.6 Å². The van der Waals surface area contributed by atoms with Crippen molar-refractivity contribution >= 4 is 50.7 Å². The van der Waals surface area contributed by atoms with Crippen molar-refractivity contribution in [2.45, 2.75) is 42.8 Å². The van der Waals surface area contributed by atoms with E-state index in [9.17, 15) is 18.0 Å². The number of halogens is 2. The molecule has 0 radical (unpaired) electrons. The van der Waals surface area contributed by atoms with Gasteiger partial charge in [-0.2, -0.15) is 4.31 Å². The number of rotatable bonds is 7. The number of likely N-dealkylation sites (tertiary alicyclic amines) is 1. The van der Waals surface area contributed by atoms with Crippen LogP contribution in [0.5, 0.6) is 0 Å². The number of imide groups is 1. The van der Waals surface area contributed by atoms with Crippen molar-refractivity contribution in [1.29, 1.82) is 0 Å². The maximum atomic E-state index is 14.1. The van der Waals surface area contributed by atoms with Crippen LogP contribution in [0.1, 0.15) is 24.8 Å². The minimum Gasteiger partial charge on any atom is -0.299 e. The molecule has 1 atom stereocenters. The first-order chi connectivity index (χ1) is 18.3. The second-order valence-corrected chi connectivity index (χ2v) is 12.2. The lowest BCUT2D eigenvalue weighted by Crippen LogP contribution is -2.53. The van der Waals surface area contributed by atoms with Crippen molar-refractivity contribution in [3.63, 3.8) is 0 Å². The van der Waals surface area contributed by atoms with Crippen LogP contribution in [0.2, 0.25) is 10.0 Å². The van der Waals surface area contributed by atoms with Gasteiger partial charge in [0, 0.05) is 30.7 Å². The van der Waals surface area contributed by atoms with Gasteiger partial charge in [-0.1, -0.05) is 71.7 Å². The normalized spacial score (nSPS) is 19.4. The minimum atomic E-state index is -4.28. The standard InChI is InChI=1S/C28H27Cl2N3O4S/c29-21-11-12-24(30)26(17-21)38(36,37)33(23-13-15-31(16-14-23)19-20-7-3-1-4-8-20)25-18-27(34)32(28(25)35)22-9-5-2-6-10-22/h1-12,17,23,25H,13-16,18-19H2. The average Bonchev–Trinajstić information content (AvgIpc) is 3.20. The average molecular weight is 573 g/mol. The molecule has 0 spiro atoms. The van der Waals surface area contributed by atoms with E-state index >= 15 is 0 Å². The zero-order valence-corrected chi connectivity index (χ0v) is 22.9. The number of amides is 2. The molecule has 2 saturated heterocycles. The molecular formula is C28H27Cl2N3O4S. The Morgan fingerprint density at radius 3 is 2.16 bits per heavy atom. The van der Waals surface area contributed by atoms with E-state index in [2.05, 4.69) is 17.0 Å². The maximum Gasteiger partial charge on any atom is 0.252 e. The van der Waals surface area contributed by atoms with Crippen molar-refractivity contribution in [3.8, 4) is 0 Å². The number of anilines is 1. The summed E-state index contributed by atoms with van der Waals surface area (Å²) in [5.41, 5.74) is 1.59. The molecule has 2 fully saturated rings. The van der Waals surface area contributed by atoms with Crippen molar-refractivity contribution in [1.82, 2.24) is 9.21 Å². The molecule has 38 heavy (non-hydrogen) atoms. The third-order valence-corrected chi connectivity index (χ3v) is 9.74. The molecule has 0 aromatic heterocycles. The molecule has 7 nitrogen and oxygen atoms in total. The van der Waals surface area contributed by atoms with Gasteiger partial charge < -0.3 is 0 Å². The molecular weight excluding hydrogens is 545 g/mol. The first-order valence-electron chi connectivity index (χ1n) is 12.4. The van der Waals surface area contributed by atoms with Crippen LogP contribution in [0.3, 0.4) is 0 Å². The maximum absolute atomic E-state index is 14.1. The van der Waals surface area contributed by atoms with E-state index in [1.165, 1.54) is 28.1 Å². The van der Waals surface area contributed by atoms with E-state index in [0.29, 0.717) is 31.6 Å². The van der Waals surface area contributed by atoms with Crippen LogP contribution in [0.4, 0.5) is 5.69 Å². The lowest BCUT2D eigenvalue weighted by molar-refractivity contribution is -0.122. The summed E-state index contributed by atoms with van der Waals surface area (Å²) in [4.78, 5) is 29.9. The van der Waals surface area contributed by atoms with Gasteiger partial charge in [-0.15, -0.1) is 0 Å². The Kier molecular flexibility index (Phi) is 7.88. The molecule has 5 rings (SSSR count). The van der Waals surface area contributed by atoms with Gasteiger partial charge in [-0.25, -0.2) is 13.3 Å². The summed E-state index contributed by atoms with van der Waals surface area (Å²) in [5, 5.41) is 0.225. The highest BCUT2D eigenvalue weighted by atomic mass is 35.5. The number of hydrogen-bond acceptors (Lipinski definition) is 5. The number of sulfonamides is 1. The predicted molar refractivity (Wildman–Crippen MR) is 148 cm³/mol. The molecule has 3 aromatic carbocycles. The molecule has 0 bridgehead atoms. The smallest absolute Gasteiger partial charge is 0.252 e. The Morgan fingerprint density at radius 2 is 1.50 bits per heavy atom. The Bertz CT molecular complexity index is 1430. The molecule has 2 aliphatic heterocycles. The fraction of sp³-hybridized carbons (Fsp3) is 0.286. The van der Waals surface area contributed by atoms with Crippen LogP contribution in [0, 0.1) is 0 Å². The Labute approximate surface area is 232 Å². The van der Waals surface area contributed by atoms with E-state index in [-0.39, 0.29) is 21.4 Å². The van der Waals surface area contributed by atoms with E-state index in [4.69, 9.17) is 23.2 Å². The van der Waals surface area contributed by atoms with Crippen LogP contribution in [0.15, 0.2) is 83.8 Å². The minimum absolute atomic E-state index is 0.0117. The summed E-state index contributed by atoms with van der Waals surface area (Å²) >= 11 is 12.5. The predicted octanol–water partition coefficient (Wildman–Crippen LogP) is 4.98. The van der Waals surface area contributed by atoms with Crippen LogP contribution in [-0.2, 0) is 26.2 Å². The molecule has 0 N–H and O–H groups in total. The number of benzene rings is 3. The van der Waals surface area contributed by atoms with E-state index < -0.39 is 33.9 Å². The van der Waals surface area contributed by atoms with Gasteiger partial charge in [0.2, 0.25) is 15.9 Å². The second kappa shape index (κ2) is 11.2. The third-order valence-electron chi connectivity index (χ3n) is 7.06. The van der Waals surface area contributed by atoms with E-state index in [1.54, 1.807) is 30.3 Å². The van der Waals surface area contributed by atoms with Crippen LogP contribution < -0.4 is 4.90 Å². The number of piperidine rings is 1. The summed E-state index contributed by atoms with van der Waals surface area (Å²) in [7, 11) is -4.28. The van der Waals surface area contributed by atoms with E-state index in [1.807, 2.05) is 18.2 Å². The van der Waals surface area contributed by atoms with Crippen molar-refractivity contribution < 1.29 is 18.0 Å². The summed E-state index contributed by atoms with van der Waals surface area (Å²) in [5.74, 6) is -1.00. The molecule has 198 valence electrons. The van der Waals surface area contributed by atoms with Gasteiger partial charge in [-0.3, -0.25) is 14.5 Å². The fourth-order valence-electron chi connectivity index (χ4n) is 5.24. The first-order valence-corrected chi connectivity index (χ1v) is 14.6. The number of carbonyl (C=O) groups excluding carboxylic acids is 2. The molecule has 0 saturated carbocycles. The Balaban J connectivity index is 1.47.